The molecule has 0 aromatic carbocycles. The number of hydrogen-bond acceptors (Lipinski definition) is 8. The number of amides is 1. The van der Waals surface area contributed by atoms with E-state index in [0.29, 0.717) is 40.0 Å². The van der Waals surface area contributed by atoms with Crippen molar-refractivity contribution >= 4 is 23.4 Å². The van der Waals surface area contributed by atoms with Gasteiger partial charge in [-0.25, -0.2) is 15.0 Å². The lowest BCUT2D eigenvalue weighted by Crippen LogP contribution is -2.38. The molecule has 178 valence electrons. The van der Waals surface area contributed by atoms with Gasteiger partial charge in [-0.3, -0.25) is 4.79 Å². The second-order valence-electron chi connectivity index (χ2n) is 9.92. The smallest absolute Gasteiger partial charge is 0.260 e. The Hall–Kier alpha value is -3.46. The Morgan fingerprint density at radius 3 is 2.59 bits per heavy atom. The van der Waals surface area contributed by atoms with Gasteiger partial charge in [-0.1, -0.05) is 6.07 Å². The number of carbonyl (C=O) groups is 1. The number of pyridine rings is 2. The van der Waals surface area contributed by atoms with E-state index < -0.39 is 5.54 Å². The van der Waals surface area contributed by atoms with Crippen LogP contribution in [-0.2, 0) is 0 Å². The van der Waals surface area contributed by atoms with E-state index in [1.165, 1.54) is 19.1 Å². The number of carbonyl (C=O) groups excluding carboxylic acids is 1. The van der Waals surface area contributed by atoms with E-state index in [2.05, 4.69) is 25.5 Å². The first-order chi connectivity index (χ1) is 16.4. The van der Waals surface area contributed by atoms with Gasteiger partial charge < -0.3 is 25.1 Å². The molecular weight excluding hydrogens is 432 g/mol. The van der Waals surface area contributed by atoms with Crippen molar-refractivity contribution in [3.05, 3.63) is 48.4 Å². The first-order valence-corrected chi connectivity index (χ1v) is 11.7. The Kier molecular flexibility index (Phi) is 5.73. The summed E-state index contributed by atoms with van der Waals surface area (Å²) in [7, 11) is 0. The van der Waals surface area contributed by atoms with E-state index in [1.807, 2.05) is 13.8 Å². The minimum Gasteiger partial charge on any atom is -0.443 e. The maximum absolute atomic E-state index is 13.4. The molecule has 0 atom stereocenters. The molecule has 0 bridgehead atoms. The van der Waals surface area contributed by atoms with Crippen molar-refractivity contribution in [1.29, 1.82) is 0 Å². The quantitative estimate of drug-likeness (QED) is 0.483. The summed E-state index contributed by atoms with van der Waals surface area (Å²) >= 11 is 0. The number of hydrogen-bond donors (Lipinski definition) is 3. The summed E-state index contributed by atoms with van der Waals surface area (Å²) in [6.45, 7) is 5.51. The van der Waals surface area contributed by atoms with Crippen LogP contribution in [0.2, 0.25) is 0 Å². The van der Waals surface area contributed by atoms with Crippen LogP contribution in [0.15, 0.2) is 47.2 Å². The zero-order valence-corrected chi connectivity index (χ0v) is 19.5. The molecule has 3 aromatic rings. The van der Waals surface area contributed by atoms with Crippen LogP contribution in [0.4, 0.5) is 17.5 Å². The van der Waals surface area contributed by atoms with Gasteiger partial charge in [0.1, 0.15) is 29.4 Å². The monoisotopic (exact) mass is 462 g/mol. The van der Waals surface area contributed by atoms with Gasteiger partial charge >= 0.3 is 0 Å². The van der Waals surface area contributed by atoms with E-state index in [0.717, 1.165) is 25.9 Å². The Labute approximate surface area is 198 Å². The van der Waals surface area contributed by atoms with Gasteiger partial charge in [0, 0.05) is 13.1 Å². The van der Waals surface area contributed by atoms with E-state index in [-0.39, 0.29) is 12.5 Å². The average molecular weight is 463 g/mol. The van der Waals surface area contributed by atoms with Crippen molar-refractivity contribution in [2.45, 2.75) is 45.1 Å². The lowest BCUT2D eigenvalue weighted by atomic mass is 9.93. The lowest BCUT2D eigenvalue weighted by molar-refractivity contribution is 0.102. The number of aromatic nitrogens is 3. The molecule has 3 N–H and O–H groups in total. The highest BCUT2D eigenvalue weighted by atomic mass is 16.3. The maximum Gasteiger partial charge on any atom is 0.260 e. The van der Waals surface area contributed by atoms with Crippen molar-refractivity contribution in [2.24, 2.45) is 5.41 Å². The highest BCUT2D eigenvalue weighted by molar-refractivity contribution is 6.07. The van der Waals surface area contributed by atoms with Crippen LogP contribution in [-0.4, -0.2) is 51.2 Å². The number of piperidine rings is 1. The summed E-state index contributed by atoms with van der Waals surface area (Å²) in [5, 5.41) is 15.8. The number of oxazole rings is 1. The van der Waals surface area contributed by atoms with Gasteiger partial charge in [0.2, 0.25) is 5.89 Å². The van der Waals surface area contributed by atoms with Crippen molar-refractivity contribution in [3.63, 3.8) is 0 Å². The molecule has 9 nitrogen and oxygen atoms in total. The molecule has 1 aliphatic carbocycles. The molecule has 1 aliphatic heterocycles. The lowest BCUT2D eigenvalue weighted by Gasteiger charge is -2.34. The van der Waals surface area contributed by atoms with E-state index in [1.54, 1.807) is 36.5 Å². The fraction of sp³-hybridized carbons (Fsp3) is 0.440. The zero-order valence-electron chi connectivity index (χ0n) is 19.5. The van der Waals surface area contributed by atoms with Crippen LogP contribution in [0.25, 0.3) is 11.6 Å². The molecule has 5 rings (SSSR count). The molecule has 3 aromatic heterocycles. The highest BCUT2D eigenvalue weighted by Crippen LogP contribution is 2.54. The predicted octanol–water partition coefficient (Wildman–Crippen LogP) is 3.95. The van der Waals surface area contributed by atoms with Gasteiger partial charge in [0.05, 0.1) is 23.9 Å². The largest absolute Gasteiger partial charge is 0.443 e. The van der Waals surface area contributed by atoms with Gasteiger partial charge in [-0.05, 0) is 69.2 Å². The molecule has 1 saturated heterocycles. The van der Waals surface area contributed by atoms with Gasteiger partial charge in [0.25, 0.3) is 5.91 Å². The summed E-state index contributed by atoms with van der Waals surface area (Å²) < 4.78 is 5.32. The number of nitrogens with zero attached hydrogens (tertiary/aromatic N) is 4. The second kappa shape index (κ2) is 8.72. The van der Waals surface area contributed by atoms with Gasteiger partial charge in [-0.2, -0.15) is 0 Å². The van der Waals surface area contributed by atoms with Crippen LogP contribution in [0, 0.1) is 5.41 Å². The summed E-state index contributed by atoms with van der Waals surface area (Å²) in [5.41, 5.74) is 1.01. The van der Waals surface area contributed by atoms with Crippen LogP contribution in [0.3, 0.4) is 0 Å². The molecule has 1 spiro atoms. The van der Waals surface area contributed by atoms with Crippen molar-refractivity contribution in [1.82, 2.24) is 15.0 Å². The molecule has 1 saturated carbocycles. The summed E-state index contributed by atoms with van der Waals surface area (Å²) in [4.78, 5) is 29.0. The van der Waals surface area contributed by atoms with Crippen molar-refractivity contribution in [3.8, 4) is 11.6 Å². The van der Waals surface area contributed by atoms with Crippen LogP contribution in [0.5, 0.6) is 0 Å². The number of anilines is 3. The SMILES string of the molecule is CC(C)(CO)Nc1ccc(C(=O)Nc2cccc(-c3ncco3)n2)c(N2CCC3(CC2)CC3)n1. The highest BCUT2D eigenvalue weighted by Gasteiger charge is 2.45. The number of rotatable bonds is 7. The van der Waals surface area contributed by atoms with Crippen LogP contribution >= 0.6 is 0 Å². The minimum absolute atomic E-state index is 0.0367. The van der Waals surface area contributed by atoms with Gasteiger partial charge in [-0.15, -0.1) is 0 Å². The molecule has 34 heavy (non-hydrogen) atoms. The second-order valence-corrected chi connectivity index (χ2v) is 9.92. The molecule has 1 amide bonds. The minimum atomic E-state index is -0.530. The van der Waals surface area contributed by atoms with E-state index in [9.17, 15) is 9.90 Å². The Balaban J connectivity index is 1.41. The molecule has 4 heterocycles. The number of aliphatic hydroxyl groups excluding tert-OH is 1. The normalized spacial score (nSPS) is 17.0. The average Bonchev–Trinajstić information content (AvgIpc) is 3.35. The fourth-order valence-corrected chi connectivity index (χ4v) is 4.35. The molecule has 9 heteroatoms. The van der Waals surface area contributed by atoms with Crippen molar-refractivity contribution < 1.29 is 14.3 Å². The summed E-state index contributed by atoms with van der Waals surface area (Å²) in [6.07, 6.45) is 7.89. The first kappa shape index (κ1) is 22.3. The molecule has 2 aliphatic rings. The molecule has 0 radical (unpaired) electrons. The topological polar surface area (TPSA) is 116 Å². The fourth-order valence-electron chi connectivity index (χ4n) is 4.35. The zero-order chi connectivity index (χ0) is 23.8. The van der Waals surface area contributed by atoms with Crippen LogP contribution in [0.1, 0.15) is 49.9 Å². The summed E-state index contributed by atoms with van der Waals surface area (Å²) in [6, 6.07) is 8.87. The number of nitrogens with one attached hydrogen (secondary N) is 2. The molecule has 0 unspecified atom stereocenters. The van der Waals surface area contributed by atoms with E-state index in [4.69, 9.17) is 9.40 Å². The van der Waals surface area contributed by atoms with Crippen molar-refractivity contribution in [2.75, 3.05) is 35.2 Å². The third kappa shape index (κ3) is 4.75. The standard InChI is InChI=1S/C25H30N6O3/c1-24(2,16-32)30-20-7-6-17(21(28-20)31-13-10-25(8-9-25)11-14-31)22(33)29-19-5-3-4-18(27-19)23-26-12-15-34-23/h3-7,12,15,32H,8-11,13-14,16H2,1-2H3,(H,28,30)(H,27,29,33). The molecular formula is C25H30N6O3. The third-order valence-corrected chi connectivity index (χ3v) is 6.70. The third-order valence-electron chi connectivity index (χ3n) is 6.70. The predicted molar refractivity (Wildman–Crippen MR) is 130 cm³/mol. The Morgan fingerprint density at radius 1 is 1.12 bits per heavy atom. The maximum atomic E-state index is 13.4. The number of aliphatic hydroxyl groups is 1. The molecule has 2 fully saturated rings. The van der Waals surface area contributed by atoms with E-state index >= 15 is 0 Å². The first-order valence-electron chi connectivity index (χ1n) is 11.7. The Bertz CT molecular complexity index is 1160. The Morgan fingerprint density at radius 2 is 1.91 bits per heavy atom. The van der Waals surface area contributed by atoms with Gasteiger partial charge in [0.15, 0.2) is 0 Å². The van der Waals surface area contributed by atoms with Crippen LogP contribution < -0.4 is 15.5 Å². The summed E-state index contributed by atoms with van der Waals surface area (Å²) in [5.74, 6) is 1.80.